The third-order valence-electron chi connectivity index (χ3n) is 4.38. The zero-order valence-corrected chi connectivity index (χ0v) is 16.1. The monoisotopic (exact) mass is 372 g/mol. The Balaban J connectivity index is 1.72. The maximum Gasteiger partial charge on any atom is 0.243 e. The number of carbonyl (C=O) groups is 1. The summed E-state index contributed by atoms with van der Waals surface area (Å²) in [6, 6.07) is 13.6. The van der Waals surface area contributed by atoms with Crippen LogP contribution in [-0.4, -0.2) is 38.5 Å². The van der Waals surface area contributed by atoms with Crippen LogP contribution in [0, 0.1) is 0 Å². The molecule has 0 unspecified atom stereocenters. The van der Waals surface area contributed by atoms with Gasteiger partial charge in [-0.25, -0.2) is 0 Å². The summed E-state index contributed by atoms with van der Waals surface area (Å²) in [5, 5.41) is 3.45. The molecule has 0 radical (unpaired) electrons. The van der Waals surface area contributed by atoms with Gasteiger partial charge in [0.2, 0.25) is 5.91 Å². The molecule has 1 aliphatic rings. The lowest BCUT2D eigenvalue weighted by Gasteiger charge is -2.34. The SMILES string of the molecule is CC[C@H]1CN(CC(=O)Nc2ccc(OC)c(OC)c2)c2ccccc2S1. The fourth-order valence-corrected chi connectivity index (χ4v) is 4.28. The molecule has 2 aromatic carbocycles. The topological polar surface area (TPSA) is 50.8 Å². The minimum Gasteiger partial charge on any atom is -0.493 e. The summed E-state index contributed by atoms with van der Waals surface area (Å²) in [6.07, 6.45) is 1.08. The number of fused-ring (bicyclic) bond motifs is 1. The molecule has 26 heavy (non-hydrogen) atoms. The molecular weight excluding hydrogens is 348 g/mol. The Kier molecular flexibility index (Phi) is 5.93. The number of rotatable bonds is 6. The lowest BCUT2D eigenvalue weighted by molar-refractivity contribution is -0.115. The van der Waals surface area contributed by atoms with E-state index in [4.69, 9.17) is 9.47 Å². The van der Waals surface area contributed by atoms with E-state index in [-0.39, 0.29) is 5.91 Å². The molecule has 5 nitrogen and oxygen atoms in total. The summed E-state index contributed by atoms with van der Waals surface area (Å²) in [7, 11) is 3.17. The minimum atomic E-state index is -0.0474. The van der Waals surface area contributed by atoms with E-state index in [2.05, 4.69) is 29.3 Å². The molecule has 1 heterocycles. The molecule has 1 atom stereocenters. The van der Waals surface area contributed by atoms with E-state index in [1.54, 1.807) is 26.4 Å². The Hall–Kier alpha value is -2.34. The van der Waals surface area contributed by atoms with Crippen LogP contribution >= 0.6 is 11.8 Å². The number of nitrogens with zero attached hydrogens (tertiary/aromatic N) is 1. The number of hydrogen-bond acceptors (Lipinski definition) is 5. The number of anilines is 2. The van der Waals surface area contributed by atoms with Crippen LogP contribution in [0.1, 0.15) is 13.3 Å². The number of benzene rings is 2. The fraction of sp³-hybridized carbons (Fsp3) is 0.350. The van der Waals surface area contributed by atoms with Gasteiger partial charge in [0, 0.05) is 28.4 Å². The van der Waals surface area contributed by atoms with Crippen LogP contribution < -0.4 is 19.7 Å². The van der Waals surface area contributed by atoms with Crippen LogP contribution in [0.15, 0.2) is 47.4 Å². The number of methoxy groups -OCH3 is 2. The number of para-hydroxylation sites is 1. The Morgan fingerprint density at radius 2 is 1.96 bits per heavy atom. The molecule has 3 rings (SSSR count). The molecule has 0 aliphatic carbocycles. The van der Waals surface area contributed by atoms with Crippen molar-refractivity contribution in [3.05, 3.63) is 42.5 Å². The van der Waals surface area contributed by atoms with Gasteiger partial charge < -0.3 is 19.7 Å². The van der Waals surface area contributed by atoms with E-state index in [1.165, 1.54) is 4.90 Å². The summed E-state index contributed by atoms with van der Waals surface area (Å²) < 4.78 is 10.5. The van der Waals surface area contributed by atoms with Gasteiger partial charge >= 0.3 is 0 Å². The lowest BCUT2D eigenvalue weighted by Crippen LogP contribution is -2.40. The minimum absolute atomic E-state index is 0.0474. The van der Waals surface area contributed by atoms with Gasteiger partial charge in [0.15, 0.2) is 11.5 Å². The number of ether oxygens (including phenoxy) is 2. The largest absolute Gasteiger partial charge is 0.493 e. The highest BCUT2D eigenvalue weighted by Crippen LogP contribution is 2.39. The van der Waals surface area contributed by atoms with E-state index >= 15 is 0 Å². The molecule has 0 fully saturated rings. The Morgan fingerprint density at radius 1 is 1.19 bits per heavy atom. The molecule has 1 N–H and O–H groups in total. The summed E-state index contributed by atoms with van der Waals surface area (Å²) in [4.78, 5) is 16.0. The van der Waals surface area contributed by atoms with E-state index < -0.39 is 0 Å². The average Bonchev–Trinajstić information content (AvgIpc) is 2.67. The first-order chi connectivity index (χ1) is 12.6. The van der Waals surface area contributed by atoms with Crippen LogP contribution in [0.4, 0.5) is 11.4 Å². The quantitative estimate of drug-likeness (QED) is 0.830. The summed E-state index contributed by atoms with van der Waals surface area (Å²) in [5.74, 6) is 1.18. The molecule has 1 aliphatic heterocycles. The van der Waals surface area contributed by atoms with E-state index in [0.29, 0.717) is 29.0 Å². The van der Waals surface area contributed by atoms with Crippen molar-refractivity contribution < 1.29 is 14.3 Å². The Labute approximate surface area is 158 Å². The van der Waals surface area contributed by atoms with Crippen molar-refractivity contribution in [1.82, 2.24) is 0 Å². The van der Waals surface area contributed by atoms with Crippen LogP contribution in [0.5, 0.6) is 11.5 Å². The molecule has 0 spiro atoms. The predicted molar refractivity (Wildman–Crippen MR) is 107 cm³/mol. The number of hydrogen-bond donors (Lipinski definition) is 1. The van der Waals surface area contributed by atoms with Crippen LogP contribution in [0.3, 0.4) is 0 Å². The van der Waals surface area contributed by atoms with E-state index in [0.717, 1.165) is 18.7 Å². The van der Waals surface area contributed by atoms with Gasteiger partial charge in [-0.1, -0.05) is 19.1 Å². The third kappa shape index (κ3) is 4.07. The number of thioether (sulfide) groups is 1. The first-order valence-electron chi connectivity index (χ1n) is 8.67. The van der Waals surface area contributed by atoms with Gasteiger partial charge in [0.1, 0.15) is 0 Å². The standard InChI is InChI=1S/C20H24N2O3S/c1-4-15-12-22(16-7-5-6-8-19(16)26-15)13-20(23)21-14-9-10-17(24-2)18(11-14)25-3/h5-11,15H,4,12-13H2,1-3H3,(H,21,23)/t15-/m0/s1. The first kappa shape index (κ1) is 18.5. The van der Waals surface area contributed by atoms with Crippen molar-refractivity contribution in [2.45, 2.75) is 23.5 Å². The molecule has 0 aromatic heterocycles. The first-order valence-corrected chi connectivity index (χ1v) is 9.55. The van der Waals surface area contributed by atoms with Gasteiger partial charge in [0.25, 0.3) is 0 Å². The van der Waals surface area contributed by atoms with E-state index in [1.807, 2.05) is 30.0 Å². The van der Waals surface area contributed by atoms with Gasteiger partial charge in [0.05, 0.1) is 26.5 Å². The van der Waals surface area contributed by atoms with Crippen molar-refractivity contribution in [3.63, 3.8) is 0 Å². The molecule has 6 heteroatoms. The summed E-state index contributed by atoms with van der Waals surface area (Å²) >= 11 is 1.90. The second-order valence-electron chi connectivity index (χ2n) is 6.11. The number of nitrogens with one attached hydrogen (secondary N) is 1. The number of amides is 1. The number of carbonyl (C=O) groups excluding carboxylic acids is 1. The highest BCUT2D eigenvalue weighted by molar-refractivity contribution is 8.00. The normalized spacial score (nSPS) is 16.0. The van der Waals surface area contributed by atoms with Crippen LogP contribution in [-0.2, 0) is 4.79 Å². The lowest BCUT2D eigenvalue weighted by atomic mass is 10.2. The predicted octanol–water partition coefficient (Wildman–Crippen LogP) is 4.03. The second kappa shape index (κ2) is 8.36. The maximum absolute atomic E-state index is 12.6. The molecular formula is C20H24N2O3S. The zero-order chi connectivity index (χ0) is 18.5. The Bertz CT molecular complexity index is 781. The van der Waals surface area contributed by atoms with Gasteiger partial charge in [-0.2, -0.15) is 0 Å². The maximum atomic E-state index is 12.6. The Morgan fingerprint density at radius 3 is 2.69 bits per heavy atom. The van der Waals surface area contributed by atoms with Crippen molar-refractivity contribution in [1.29, 1.82) is 0 Å². The average molecular weight is 372 g/mol. The fourth-order valence-electron chi connectivity index (χ4n) is 3.03. The molecule has 0 saturated carbocycles. The van der Waals surface area contributed by atoms with Crippen LogP contribution in [0.25, 0.3) is 0 Å². The highest BCUT2D eigenvalue weighted by Gasteiger charge is 2.25. The zero-order valence-electron chi connectivity index (χ0n) is 15.3. The van der Waals surface area contributed by atoms with Crippen molar-refractivity contribution in [2.75, 3.05) is 37.5 Å². The van der Waals surface area contributed by atoms with Gasteiger partial charge in [-0.05, 0) is 30.7 Å². The summed E-state index contributed by atoms with van der Waals surface area (Å²) in [5.41, 5.74) is 1.82. The van der Waals surface area contributed by atoms with Gasteiger partial charge in [-0.15, -0.1) is 11.8 Å². The molecule has 2 aromatic rings. The van der Waals surface area contributed by atoms with Crippen molar-refractivity contribution in [3.8, 4) is 11.5 Å². The molecule has 138 valence electrons. The van der Waals surface area contributed by atoms with Gasteiger partial charge in [-0.3, -0.25) is 4.79 Å². The van der Waals surface area contributed by atoms with E-state index in [9.17, 15) is 4.79 Å². The highest BCUT2D eigenvalue weighted by atomic mass is 32.2. The van der Waals surface area contributed by atoms with Crippen molar-refractivity contribution in [2.24, 2.45) is 0 Å². The molecule has 1 amide bonds. The second-order valence-corrected chi connectivity index (χ2v) is 7.46. The van der Waals surface area contributed by atoms with Crippen molar-refractivity contribution >= 4 is 29.0 Å². The van der Waals surface area contributed by atoms with Crippen LogP contribution in [0.2, 0.25) is 0 Å². The molecule has 0 bridgehead atoms. The third-order valence-corrected chi connectivity index (χ3v) is 5.80. The summed E-state index contributed by atoms with van der Waals surface area (Å²) in [6.45, 7) is 3.38. The molecule has 0 saturated heterocycles. The smallest absolute Gasteiger partial charge is 0.243 e.